The smallest absolute Gasteiger partial charge is 0.182 e. The number of nitrogens with one attached hydrogen (secondary N) is 1. The van der Waals surface area contributed by atoms with E-state index in [0.29, 0.717) is 29.3 Å². The van der Waals surface area contributed by atoms with Crippen LogP contribution in [0.25, 0.3) is 0 Å². The summed E-state index contributed by atoms with van der Waals surface area (Å²) >= 11 is 0. The molecule has 2 rings (SSSR count). The Kier molecular flexibility index (Phi) is 3.26. The lowest BCUT2D eigenvalue weighted by atomic mass is 10.2. The summed E-state index contributed by atoms with van der Waals surface area (Å²) in [6.07, 6.45) is 0.644. The van der Waals surface area contributed by atoms with Gasteiger partial charge in [-0.05, 0) is 25.1 Å². The predicted molar refractivity (Wildman–Crippen MR) is 66.1 cm³/mol. The number of nitrogens with two attached hydrogens (primary N) is 1. The Balaban J connectivity index is 2.42. The summed E-state index contributed by atoms with van der Waals surface area (Å²) in [5, 5.41) is 3.19. The van der Waals surface area contributed by atoms with Crippen molar-refractivity contribution in [1.29, 1.82) is 0 Å². The Labute approximate surface area is 101 Å². The minimum absolute atomic E-state index is 0.0877. The second-order valence-corrected chi connectivity index (χ2v) is 6.06. The second-order valence-electron chi connectivity index (χ2n) is 4.06. The van der Waals surface area contributed by atoms with Gasteiger partial charge >= 0.3 is 0 Å². The number of anilines is 1. The van der Waals surface area contributed by atoms with Crippen LogP contribution in [0.15, 0.2) is 23.1 Å². The largest absolute Gasteiger partial charge is 0.497 e. The highest BCUT2D eigenvalue weighted by Crippen LogP contribution is 2.32. The Bertz CT molecular complexity index is 513. The molecule has 17 heavy (non-hydrogen) atoms. The number of benzene rings is 1. The van der Waals surface area contributed by atoms with Gasteiger partial charge in [-0.2, -0.15) is 0 Å². The van der Waals surface area contributed by atoms with E-state index in [1.807, 2.05) is 0 Å². The van der Waals surface area contributed by atoms with Crippen molar-refractivity contribution in [3.05, 3.63) is 18.2 Å². The van der Waals surface area contributed by atoms with Crippen LogP contribution in [0.4, 0.5) is 5.69 Å². The maximum Gasteiger partial charge on any atom is 0.182 e. The van der Waals surface area contributed by atoms with Crippen LogP contribution < -0.4 is 15.8 Å². The molecule has 5 nitrogen and oxygen atoms in total. The molecule has 0 amide bonds. The third-order valence-corrected chi connectivity index (χ3v) is 4.67. The first kappa shape index (κ1) is 12.2. The molecule has 0 saturated carbocycles. The van der Waals surface area contributed by atoms with Gasteiger partial charge in [-0.1, -0.05) is 0 Å². The topological polar surface area (TPSA) is 81.4 Å². The number of hydrogen-bond donors (Lipinski definition) is 2. The first-order valence-electron chi connectivity index (χ1n) is 5.44. The lowest BCUT2D eigenvalue weighted by Crippen LogP contribution is -2.35. The SMILES string of the molecule is COc1ccc2c(c1)S(=O)(=O)CC(CCN)N2. The number of methoxy groups -OCH3 is 1. The quantitative estimate of drug-likeness (QED) is 0.828. The van der Waals surface area contributed by atoms with Crippen LogP contribution in [0.5, 0.6) is 5.75 Å². The molecule has 1 aliphatic heterocycles. The summed E-state index contributed by atoms with van der Waals surface area (Å²) in [5.74, 6) is 0.635. The van der Waals surface area contributed by atoms with E-state index in [0.717, 1.165) is 0 Å². The number of rotatable bonds is 3. The molecular weight excluding hydrogens is 240 g/mol. The molecule has 94 valence electrons. The Hall–Kier alpha value is -1.27. The van der Waals surface area contributed by atoms with Gasteiger partial charge in [0.15, 0.2) is 9.84 Å². The van der Waals surface area contributed by atoms with Crippen LogP contribution in [-0.4, -0.2) is 33.9 Å². The molecule has 6 heteroatoms. The van der Waals surface area contributed by atoms with Gasteiger partial charge < -0.3 is 15.8 Å². The summed E-state index contributed by atoms with van der Waals surface area (Å²) in [6.45, 7) is 0.471. The molecule has 0 fully saturated rings. The standard InChI is InChI=1S/C11H16N2O3S/c1-16-9-2-3-10-11(6-9)17(14,15)7-8(13-10)4-5-12/h2-3,6,8,13H,4-5,7,12H2,1H3. The second kappa shape index (κ2) is 4.54. The Morgan fingerprint density at radius 3 is 2.94 bits per heavy atom. The van der Waals surface area contributed by atoms with E-state index in [1.54, 1.807) is 18.2 Å². The molecule has 0 saturated heterocycles. The summed E-state index contributed by atoms with van der Waals surface area (Å²) < 4.78 is 29.2. The molecule has 0 aliphatic carbocycles. The summed E-state index contributed by atoms with van der Waals surface area (Å²) in [6, 6.07) is 4.92. The van der Waals surface area contributed by atoms with Crippen LogP contribution in [0.2, 0.25) is 0 Å². The summed E-state index contributed by atoms with van der Waals surface area (Å²) in [5.41, 5.74) is 6.09. The van der Waals surface area contributed by atoms with Gasteiger partial charge in [-0.3, -0.25) is 0 Å². The van der Waals surface area contributed by atoms with E-state index in [-0.39, 0.29) is 11.8 Å². The van der Waals surface area contributed by atoms with E-state index in [9.17, 15) is 8.42 Å². The van der Waals surface area contributed by atoms with E-state index in [4.69, 9.17) is 10.5 Å². The molecular formula is C11H16N2O3S. The summed E-state index contributed by atoms with van der Waals surface area (Å²) in [4.78, 5) is 0.310. The van der Waals surface area contributed by atoms with Crippen molar-refractivity contribution in [2.24, 2.45) is 5.73 Å². The fourth-order valence-electron chi connectivity index (χ4n) is 1.98. The highest BCUT2D eigenvalue weighted by Gasteiger charge is 2.29. The molecule has 3 N–H and O–H groups in total. The van der Waals surface area contributed by atoms with Crippen molar-refractivity contribution < 1.29 is 13.2 Å². The van der Waals surface area contributed by atoms with Gasteiger partial charge in [-0.25, -0.2) is 8.42 Å². The van der Waals surface area contributed by atoms with E-state index < -0.39 is 9.84 Å². The fourth-order valence-corrected chi connectivity index (χ4v) is 3.70. The lowest BCUT2D eigenvalue weighted by molar-refractivity contribution is 0.413. The van der Waals surface area contributed by atoms with E-state index >= 15 is 0 Å². The molecule has 0 aromatic heterocycles. The number of sulfone groups is 1. The first-order chi connectivity index (χ1) is 8.06. The zero-order valence-electron chi connectivity index (χ0n) is 9.64. The van der Waals surface area contributed by atoms with Crippen molar-refractivity contribution in [2.75, 3.05) is 24.7 Å². The van der Waals surface area contributed by atoms with Crippen molar-refractivity contribution in [2.45, 2.75) is 17.4 Å². The zero-order chi connectivity index (χ0) is 12.5. The van der Waals surface area contributed by atoms with Crippen molar-refractivity contribution >= 4 is 15.5 Å². The highest BCUT2D eigenvalue weighted by atomic mass is 32.2. The highest BCUT2D eigenvalue weighted by molar-refractivity contribution is 7.91. The molecule has 1 aromatic carbocycles. The number of fused-ring (bicyclic) bond motifs is 1. The third-order valence-electron chi connectivity index (χ3n) is 2.82. The predicted octanol–water partition coefficient (Wildman–Crippen LogP) is 0.612. The van der Waals surface area contributed by atoms with Crippen LogP contribution in [0, 0.1) is 0 Å². The summed E-state index contributed by atoms with van der Waals surface area (Å²) in [7, 11) is -1.73. The molecule has 1 aliphatic rings. The fraction of sp³-hybridized carbons (Fsp3) is 0.455. The van der Waals surface area contributed by atoms with Crippen LogP contribution >= 0.6 is 0 Å². The molecule has 0 spiro atoms. The third kappa shape index (κ3) is 2.37. The van der Waals surface area contributed by atoms with Crippen molar-refractivity contribution in [1.82, 2.24) is 0 Å². The molecule has 0 radical (unpaired) electrons. The van der Waals surface area contributed by atoms with E-state index in [1.165, 1.54) is 7.11 Å². The van der Waals surface area contributed by atoms with Crippen molar-refractivity contribution in [3.63, 3.8) is 0 Å². The normalized spacial score (nSPS) is 21.4. The minimum atomic E-state index is -3.24. The molecule has 1 atom stereocenters. The number of ether oxygens (including phenoxy) is 1. The minimum Gasteiger partial charge on any atom is -0.497 e. The van der Waals surface area contributed by atoms with Gasteiger partial charge in [-0.15, -0.1) is 0 Å². The van der Waals surface area contributed by atoms with Crippen LogP contribution in [-0.2, 0) is 9.84 Å². The van der Waals surface area contributed by atoms with Gasteiger partial charge in [0.25, 0.3) is 0 Å². The maximum absolute atomic E-state index is 12.1. The van der Waals surface area contributed by atoms with Gasteiger partial charge in [0.2, 0.25) is 0 Å². The molecule has 1 unspecified atom stereocenters. The van der Waals surface area contributed by atoms with Gasteiger partial charge in [0.1, 0.15) is 5.75 Å². The maximum atomic E-state index is 12.1. The average Bonchev–Trinajstić information content (AvgIpc) is 2.28. The molecule has 1 aromatic rings. The Morgan fingerprint density at radius 2 is 2.29 bits per heavy atom. The van der Waals surface area contributed by atoms with Gasteiger partial charge in [0.05, 0.1) is 23.4 Å². The van der Waals surface area contributed by atoms with Gasteiger partial charge in [0, 0.05) is 12.1 Å². The molecule has 1 heterocycles. The number of hydrogen-bond acceptors (Lipinski definition) is 5. The van der Waals surface area contributed by atoms with Crippen molar-refractivity contribution in [3.8, 4) is 5.75 Å². The van der Waals surface area contributed by atoms with Crippen LogP contribution in [0.3, 0.4) is 0 Å². The monoisotopic (exact) mass is 256 g/mol. The van der Waals surface area contributed by atoms with Crippen LogP contribution in [0.1, 0.15) is 6.42 Å². The molecule has 0 bridgehead atoms. The first-order valence-corrected chi connectivity index (χ1v) is 7.09. The zero-order valence-corrected chi connectivity index (χ0v) is 10.5. The average molecular weight is 256 g/mol. The lowest BCUT2D eigenvalue weighted by Gasteiger charge is -2.26. The Morgan fingerprint density at radius 1 is 1.53 bits per heavy atom. The van der Waals surface area contributed by atoms with E-state index in [2.05, 4.69) is 5.32 Å².